The summed E-state index contributed by atoms with van der Waals surface area (Å²) >= 11 is 1.45. The van der Waals surface area contributed by atoms with Crippen LogP contribution in [0.1, 0.15) is 25.8 Å². The predicted molar refractivity (Wildman–Crippen MR) is 109 cm³/mol. The highest BCUT2D eigenvalue weighted by atomic mass is 32.2. The third kappa shape index (κ3) is 7.60. The maximum Gasteiger partial charge on any atom is 0.243 e. The van der Waals surface area contributed by atoms with Gasteiger partial charge in [-0.2, -0.15) is 11.8 Å². The third-order valence-corrected chi connectivity index (χ3v) is 5.11. The highest BCUT2D eigenvalue weighted by Crippen LogP contribution is 2.09. The molecule has 0 radical (unpaired) electrons. The molecule has 0 aromatic heterocycles. The molecule has 7 nitrogen and oxygen atoms in total. The summed E-state index contributed by atoms with van der Waals surface area (Å²) in [5, 5.41) is 5.40. The Morgan fingerprint density at radius 3 is 2.26 bits per heavy atom. The number of nitrogens with two attached hydrogens (primary N) is 2. The summed E-state index contributed by atoms with van der Waals surface area (Å²) in [5.74, 6) is -1.12. The Hall–Kier alpha value is -2.06. The highest BCUT2D eigenvalue weighted by molar-refractivity contribution is 7.98. The maximum absolute atomic E-state index is 12.8. The Bertz CT molecular complexity index is 627. The largest absolute Gasteiger partial charge is 0.368 e. The highest BCUT2D eigenvalue weighted by Gasteiger charge is 2.29. The van der Waals surface area contributed by atoms with E-state index in [1.807, 2.05) is 50.4 Å². The van der Waals surface area contributed by atoms with Crippen LogP contribution < -0.4 is 22.1 Å². The molecule has 0 saturated carbocycles. The van der Waals surface area contributed by atoms with Gasteiger partial charge in [0.2, 0.25) is 17.7 Å². The number of hydrogen-bond acceptors (Lipinski definition) is 5. The Morgan fingerprint density at radius 1 is 1.11 bits per heavy atom. The molecule has 1 aromatic carbocycles. The molecule has 150 valence electrons. The molecule has 0 saturated heterocycles. The van der Waals surface area contributed by atoms with E-state index in [0.29, 0.717) is 12.2 Å². The number of hydrogen-bond donors (Lipinski definition) is 4. The quantitative estimate of drug-likeness (QED) is 0.433. The molecule has 1 aromatic rings. The first-order chi connectivity index (χ1) is 12.8. The standard InChI is InChI=1S/C19H30N4O3S/c1-4-12(2)16(17(21)24)23-19(26)15(10-13-8-6-5-7-9-13)22-18(25)14(20)11-27-3/h5-9,12,14-16H,4,10-11,20H2,1-3H3,(H2,21,24)(H,22,25)(H,23,26)/t12-,14-,15-,16-/m0/s1. The van der Waals surface area contributed by atoms with Gasteiger partial charge in [-0.3, -0.25) is 14.4 Å². The molecule has 27 heavy (non-hydrogen) atoms. The van der Waals surface area contributed by atoms with Gasteiger partial charge >= 0.3 is 0 Å². The molecule has 6 N–H and O–H groups in total. The molecule has 8 heteroatoms. The van der Waals surface area contributed by atoms with Gasteiger partial charge in [-0.05, 0) is 17.7 Å². The number of benzene rings is 1. The van der Waals surface area contributed by atoms with Crippen molar-refractivity contribution in [2.45, 2.75) is 44.8 Å². The van der Waals surface area contributed by atoms with Gasteiger partial charge in [0.05, 0.1) is 6.04 Å². The van der Waals surface area contributed by atoms with Crippen LogP contribution in [0, 0.1) is 5.92 Å². The lowest BCUT2D eigenvalue weighted by atomic mass is 9.97. The van der Waals surface area contributed by atoms with Crippen molar-refractivity contribution in [2.24, 2.45) is 17.4 Å². The first-order valence-corrected chi connectivity index (χ1v) is 10.4. The first-order valence-electron chi connectivity index (χ1n) is 8.98. The number of carbonyl (C=O) groups is 3. The Morgan fingerprint density at radius 2 is 1.74 bits per heavy atom. The van der Waals surface area contributed by atoms with Gasteiger partial charge in [0.25, 0.3) is 0 Å². The summed E-state index contributed by atoms with van der Waals surface area (Å²) in [6.45, 7) is 3.76. The van der Waals surface area contributed by atoms with Crippen molar-refractivity contribution in [3.63, 3.8) is 0 Å². The van der Waals surface area contributed by atoms with E-state index in [0.717, 1.165) is 5.56 Å². The SMILES string of the molecule is CC[C@H](C)[C@H](NC(=O)[C@H](Cc1ccccc1)NC(=O)[C@@H](N)CSC)C(N)=O. The fraction of sp³-hybridized carbons (Fsp3) is 0.526. The van der Waals surface area contributed by atoms with Crippen molar-refractivity contribution in [1.82, 2.24) is 10.6 Å². The number of thioether (sulfide) groups is 1. The minimum Gasteiger partial charge on any atom is -0.368 e. The average molecular weight is 395 g/mol. The van der Waals surface area contributed by atoms with Gasteiger partial charge < -0.3 is 22.1 Å². The molecule has 0 unspecified atom stereocenters. The van der Waals surface area contributed by atoms with Crippen LogP contribution >= 0.6 is 11.8 Å². The van der Waals surface area contributed by atoms with Crippen molar-refractivity contribution in [3.05, 3.63) is 35.9 Å². The molecule has 0 aliphatic carbocycles. The Labute approximate surface area is 165 Å². The van der Waals surface area contributed by atoms with Crippen LogP contribution in [0.25, 0.3) is 0 Å². The molecule has 0 fully saturated rings. The van der Waals surface area contributed by atoms with Crippen molar-refractivity contribution in [3.8, 4) is 0 Å². The number of primary amides is 1. The normalized spacial score (nSPS) is 15.3. The van der Waals surface area contributed by atoms with Crippen molar-refractivity contribution >= 4 is 29.5 Å². The number of rotatable bonds is 11. The summed E-state index contributed by atoms with van der Waals surface area (Å²) < 4.78 is 0. The van der Waals surface area contributed by atoms with E-state index in [1.165, 1.54) is 11.8 Å². The predicted octanol–water partition coefficient (Wildman–Crippen LogP) is 0.420. The van der Waals surface area contributed by atoms with Gasteiger partial charge in [0.15, 0.2) is 0 Å². The van der Waals surface area contributed by atoms with E-state index in [1.54, 1.807) is 0 Å². The van der Waals surface area contributed by atoms with Crippen LogP contribution in [0.15, 0.2) is 30.3 Å². The maximum atomic E-state index is 12.8. The summed E-state index contributed by atoms with van der Waals surface area (Å²) in [6, 6.07) is 6.97. The van der Waals surface area contributed by atoms with Gasteiger partial charge in [-0.25, -0.2) is 0 Å². The average Bonchev–Trinajstić information content (AvgIpc) is 2.65. The van der Waals surface area contributed by atoms with Gasteiger partial charge in [0.1, 0.15) is 12.1 Å². The monoisotopic (exact) mass is 394 g/mol. The number of nitrogens with one attached hydrogen (secondary N) is 2. The van der Waals surface area contributed by atoms with E-state index in [4.69, 9.17) is 11.5 Å². The molecular formula is C19H30N4O3S. The zero-order valence-corrected chi connectivity index (χ0v) is 16.9. The van der Waals surface area contributed by atoms with E-state index >= 15 is 0 Å². The fourth-order valence-electron chi connectivity index (χ4n) is 2.58. The van der Waals surface area contributed by atoms with Gasteiger partial charge in [0, 0.05) is 12.2 Å². The van der Waals surface area contributed by atoms with E-state index in [-0.39, 0.29) is 12.3 Å². The smallest absolute Gasteiger partial charge is 0.243 e. The first kappa shape index (κ1) is 23.0. The fourth-order valence-corrected chi connectivity index (χ4v) is 3.09. The van der Waals surface area contributed by atoms with Crippen LogP contribution in [0.4, 0.5) is 0 Å². The summed E-state index contributed by atoms with van der Waals surface area (Å²) in [6.07, 6.45) is 2.82. The van der Waals surface area contributed by atoms with Crippen molar-refractivity contribution in [2.75, 3.05) is 12.0 Å². The van der Waals surface area contributed by atoms with Crippen LogP contribution in [0.2, 0.25) is 0 Å². The molecule has 0 aliphatic heterocycles. The molecular weight excluding hydrogens is 364 g/mol. The van der Waals surface area contributed by atoms with E-state index < -0.39 is 35.8 Å². The van der Waals surface area contributed by atoms with Crippen molar-refractivity contribution in [1.29, 1.82) is 0 Å². The molecule has 0 bridgehead atoms. The lowest BCUT2D eigenvalue weighted by Crippen LogP contribution is -2.57. The molecule has 1 rings (SSSR count). The second-order valence-electron chi connectivity index (χ2n) is 6.59. The van der Waals surface area contributed by atoms with Crippen LogP contribution in [0.3, 0.4) is 0 Å². The molecule has 3 amide bonds. The minimum atomic E-state index is -0.848. The Kier molecular flexibility index (Phi) is 9.88. The summed E-state index contributed by atoms with van der Waals surface area (Å²) in [5.41, 5.74) is 12.2. The lowest BCUT2D eigenvalue weighted by Gasteiger charge is -2.25. The zero-order valence-electron chi connectivity index (χ0n) is 16.1. The topological polar surface area (TPSA) is 127 Å². The van der Waals surface area contributed by atoms with E-state index in [9.17, 15) is 14.4 Å². The Balaban J connectivity index is 2.95. The van der Waals surface area contributed by atoms with Gasteiger partial charge in [-0.15, -0.1) is 0 Å². The van der Waals surface area contributed by atoms with Crippen molar-refractivity contribution < 1.29 is 14.4 Å². The molecule has 0 heterocycles. The summed E-state index contributed by atoms with van der Waals surface area (Å²) in [4.78, 5) is 36.9. The zero-order chi connectivity index (χ0) is 20.4. The van der Waals surface area contributed by atoms with Crippen LogP contribution in [-0.4, -0.2) is 47.9 Å². The van der Waals surface area contributed by atoms with Crippen LogP contribution in [-0.2, 0) is 20.8 Å². The number of amides is 3. The second kappa shape index (κ2) is 11.6. The molecule has 0 spiro atoms. The third-order valence-electron chi connectivity index (χ3n) is 4.42. The summed E-state index contributed by atoms with van der Waals surface area (Å²) in [7, 11) is 0. The van der Waals surface area contributed by atoms with Gasteiger partial charge in [-0.1, -0.05) is 50.6 Å². The number of carbonyl (C=O) groups excluding carboxylic acids is 3. The minimum absolute atomic E-state index is 0.113. The van der Waals surface area contributed by atoms with Crippen LogP contribution in [0.5, 0.6) is 0 Å². The van der Waals surface area contributed by atoms with E-state index in [2.05, 4.69) is 10.6 Å². The molecule has 4 atom stereocenters. The molecule has 0 aliphatic rings. The lowest BCUT2D eigenvalue weighted by molar-refractivity contribution is -0.132. The second-order valence-corrected chi connectivity index (χ2v) is 7.50.